The monoisotopic (exact) mass is 337 g/mol. The van der Waals surface area contributed by atoms with Crippen molar-refractivity contribution in [3.63, 3.8) is 0 Å². The second-order valence-corrected chi connectivity index (χ2v) is 5.92. The van der Waals surface area contributed by atoms with Crippen molar-refractivity contribution in [2.24, 2.45) is 0 Å². The molecule has 3 rings (SSSR count). The van der Waals surface area contributed by atoms with Crippen LogP contribution in [0.1, 0.15) is 5.69 Å². The average molecular weight is 337 g/mol. The lowest BCUT2D eigenvalue weighted by molar-refractivity contribution is 0.628. The van der Waals surface area contributed by atoms with Crippen molar-refractivity contribution >= 4 is 28.8 Å². The molecular weight excluding hydrogens is 317 g/mol. The van der Waals surface area contributed by atoms with Gasteiger partial charge < -0.3 is 15.5 Å². The van der Waals surface area contributed by atoms with Crippen molar-refractivity contribution < 1.29 is 4.39 Å². The van der Waals surface area contributed by atoms with Crippen LogP contribution in [-0.4, -0.2) is 24.1 Å². The zero-order valence-electron chi connectivity index (χ0n) is 14.4. The summed E-state index contributed by atoms with van der Waals surface area (Å²) in [7, 11) is 4.00. The van der Waals surface area contributed by atoms with Crippen LogP contribution in [0.3, 0.4) is 0 Å². The number of nitrogens with one attached hydrogen (secondary N) is 2. The lowest BCUT2D eigenvalue weighted by Gasteiger charge is -2.14. The summed E-state index contributed by atoms with van der Waals surface area (Å²) < 4.78 is 13.3. The van der Waals surface area contributed by atoms with Gasteiger partial charge in [-0.25, -0.2) is 9.37 Å². The van der Waals surface area contributed by atoms with Crippen LogP contribution in [0.15, 0.2) is 54.6 Å². The molecule has 6 heteroatoms. The second kappa shape index (κ2) is 7.17. The number of anilines is 5. The van der Waals surface area contributed by atoms with E-state index in [0.717, 1.165) is 17.1 Å². The van der Waals surface area contributed by atoms with Gasteiger partial charge in [0.15, 0.2) is 0 Å². The maximum absolute atomic E-state index is 13.3. The SMILES string of the molecule is Cc1cc(Nc2ccc(N(C)C)cc2)nc(Nc2cccc(F)c2)n1. The van der Waals surface area contributed by atoms with Gasteiger partial charge in [-0.05, 0) is 49.4 Å². The fourth-order valence-electron chi connectivity index (χ4n) is 2.37. The Balaban J connectivity index is 1.79. The molecule has 0 atom stereocenters. The van der Waals surface area contributed by atoms with Crippen LogP contribution < -0.4 is 15.5 Å². The van der Waals surface area contributed by atoms with E-state index in [1.54, 1.807) is 12.1 Å². The van der Waals surface area contributed by atoms with E-state index < -0.39 is 0 Å². The first-order valence-electron chi connectivity index (χ1n) is 7.92. The largest absolute Gasteiger partial charge is 0.378 e. The van der Waals surface area contributed by atoms with E-state index in [0.29, 0.717) is 17.5 Å². The van der Waals surface area contributed by atoms with Gasteiger partial charge in [0.05, 0.1) is 0 Å². The van der Waals surface area contributed by atoms with Gasteiger partial charge in [0, 0.05) is 42.9 Å². The van der Waals surface area contributed by atoms with Gasteiger partial charge >= 0.3 is 0 Å². The third kappa shape index (κ3) is 4.44. The molecule has 0 fully saturated rings. The molecule has 0 bridgehead atoms. The van der Waals surface area contributed by atoms with Crippen molar-refractivity contribution in [3.05, 3.63) is 66.1 Å². The lowest BCUT2D eigenvalue weighted by Crippen LogP contribution is -2.08. The Morgan fingerprint density at radius 3 is 2.32 bits per heavy atom. The van der Waals surface area contributed by atoms with Crippen molar-refractivity contribution in [3.8, 4) is 0 Å². The summed E-state index contributed by atoms with van der Waals surface area (Å²) in [5.41, 5.74) is 3.46. The zero-order valence-corrected chi connectivity index (χ0v) is 14.4. The molecule has 5 nitrogen and oxygen atoms in total. The predicted octanol–water partition coefficient (Wildman–Crippen LogP) is 4.48. The highest BCUT2D eigenvalue weighted by Crippen LogP contribution is 2.21. The fraction of sp³-hybridized carbons (Fsp3) is 0.158. The van der Waals surface area contributed by atoms with E-state index in [1.807, 2.05) is 56.3 Å². The standard InChI is InChI=1S/C19H20FN5/c1-13-11-18(22-15-7-9-17(10-8-15)25(2)3)24-19(21-13)23-16-6-4-5-14(20)12-16/h4-12H,1-3H3,(H2,21,22,23,24). The topological polar surface area (TPSA) is 53.1 Å². The molecule has 0 aliphatic carbocycles. The van der Waals surface area contributed by atoms with Gasteiger partial charge in [0.2, 0.25) is 5.95 Å². The summed E-state index contributed by atoms with van der Waals surface area (Å²) in [6.07, 6.45) is 0. The molecule has 1 aromatic heterocycles. The second-order valence-electron chi connectivity index (χ2n) is 5.92. The minimum absolute atomic E-state index is 0.308. The summed E-state index contributed by atoms with van der Waals surface area (Å²) >= 11 is 0. The molecular formula is C19H20FN5. The fourth-order valence-corrected chi connectivity index (χ4v) is 2.37. The highest BCUT2D eigenvalue weighted by molar-refractivity contribution is 5.62. The normalized spacial score (nSPS) is 10.4. The quantitative estimate of drug-likeness (QED) is 0.719. The minimum atomic E-state index is -0.308. The first-order chi connectivity index (χ1) is 12.0. The molecule has 1 heterocycles. The van der Waals surface area contributed by atoms with Gasteiger partial charge in [0.25, 0.3) is 0 Å². The number of hydrogen-bond donors (Lipinski definition) is 2. The zero-order chi connectivity index (χ0) is 17.8. The summed E-state index contributed by atoms with van der Waals surface area (Å²) in [6.45, 7) is 1.89. The molecule has 3 aromatic rings. The summed E-state index contributed by atoms with van der Waals surface area (Å²) in [5, 5.41) is 6.29. The maximum atomic E-state index is 13.3. The molecule has 0 saturated heterocycles. The number of halogens is 1. The van der Waals surface area contributed by atoms with Crippen LogP contribution in [0.2, 0.25) is 0 Å². The molecule has 128 valence electrons. The molecule has 25 heavy (non-hydrogen) atoms. The van der Waals surface area contributed by atoms with Crippen LogP contribution >= 0.6 is 0 Å². The first-order valence-corrected chi connectivity index (χ1v) is 7.92. The van der Waals surface area contributed by atoms with Crippen molar-refractivity contribution in [1.29, 1.82) is 0 Å². The van der Waals surface area contributed by atoms with Gasteiger partial charge in [-0.3, -0.25) is 0 Å². The lowest BCUT2D eigenvalue weighted by atomic mass is 10.2. The first kappa shape index (κ1) is 16.7. The number of aromatic nitrogens is 2. The Labute approximate surface area is 146 Å². The van der Waals surface area contributed by atoms with Crippen molar-refractivity contribution in [1.82, 2.24) is 9.97 Å². The molecule has 0 aliphatic rings. The Morgan fingerprint density at radius 1 is 0.880 bits per heavy atom. The number of hydrogen-bond acceptors (Lipinski definition) is 5. The Kier molecular flexibility index (Phi) is 4.79. The van der Waals surface area contributed by atoms with Gasteiger partial charge in [-0.2, -0.15) is 4.98 Å². The molecule has 0 saturated carbocycles. The molecule has 0 amide bonds. The van der Waals surface area contributed by atoms with E-state index >= 15 is 0 Å². The van der Waals surface area contributed by atoms with Crippen molar-refractivity contribution in [2.75, 3.05) is 29.6 Å². The Hall–Kier alpha value is -3.15. The number of aryl methyl sites for hydroxylation is 1. The van der Waals surface area contributed by atoms with E-state index in [2.05, 4.69) is 20.6 Å². The Morgan fingerprint density at radius 2 is 1.64 bits per heavy atom. The summed E-state index contributed by atoms with van der Waals surface area (Å²) in [4.78, 5) is 10.8. The van der Waals surface area contributed by atoms with Crippen LogP contribution in [0.5, 0.6) is 0 Å². The van der Waals surface area contributed by atoms with Gasteiger partial charge in [0.1, 0.15) is 11.6 Å². The Bertz CT molecular complexity index is 862. The smallest absolute Gasteiger partial charge is 0.229 e. The van der Waals surface area contributed by atoms with Crippen LogP contribution in [0.4, 0.5) is 33.2 Å². The minimum Gasteiger partial charge on any atom is -0.378 e. The molecule has 2 aromatic carbocycles. The van der Waals surface area contributed by atoms with Crippen LogP contribution in [0.25, 0.3) is 0 Å². The molecule has 0 spiro atoms. The molecule has 2 N–H and O–H groups in total. The highest BCUT2D eigenvalue weighted by atomic mass is 19.1. The van der Waals surface area contributed by atoms with E-state index in [1.165, 1.54) is 12.1 Å². The highest BCUT2D eigenvalue weighted by Gasteiger charge is 2.05. The summed E-state index contributed by atoms with van der Waals surface area (Å²) in [5.74, 6) is 0.777. The average Bonchev–Trinajstić information content (AvgIpc) is 2.54. The van der Waals surface area contributed by atoms with Gasteiger partial charge in [-0.15, -0.1) is 0 Å². The van der Waals surface area contributed by atoms with Crippen LogP contribution in [-0.2, 0) is 0 Å². The van der Waals surface area contributed by atoms with E-state index in [4.69, 9.17) is 0 Å². The van der Waals surface area contributed by atoms with Crippen LogP contribution in [0, 0.1) is 12.7 Å². The third-order valence-electron chi connectivity index (χ3n) is 3.59. The van der Waals surface area contributed by atoms with E-state index in [-0.39, 0.29) is 5.82 Å². The number of rotatable bonds is 5. The molecule has 0 aliphatic heterocycles. The number of nitrogens with zero attached hydrogens (tertiary/aromatic N) is 3. The maximum Gasteiger partial charge on any atom is 0.229 e. The van der Waals surface area contributed by atoms with Crippen molar-refractivity contribution in [2.45, 2.75) is 6.92 Å². The predicted molar refractivity (Wildman–Crippen MR) is 101 cm³/mol. The summed E-state index contributed by atoms with van der Waals surface area (Å²) in [6, 6.07) is 16.1. The molecule has 0 radical (unpaired) electrons. The third-order valence-corrected chi connectivity index (χ3v) is 3.59. The number of benzene rings is 2. The molecule has 0 unspecified atom stereocenters. The van der Waals surface area contributed by atoms with Gasteiger partial charge in [-0.1, -0.05) is 6.07 Å². The van der Waals surface area contributed by atoms with E-state index in [9.17, 15) is 4.39 Å².